The zero-order valence-corrected chi connectivity index (χ0v) is 30.9. The highest BCUT2D eigenvalue weighted by atomic mass is 16.2. The van der Waals surface area contributed by atoms with Crippen molar-refractivity contribution in [1.29, 1.82) is 5.26 Å². The SMILES string of the molecule is [C-]#[N+]c1ccc(-c2ccc3c(c2)c2cc(-c4ccc(C#N)cc4)ccc2n3-c2cccc3c2C(=O)N(c2c(-c4ccccc4)cccc2-c2ccccc2)C3=O)cc1. The quantitative estimate of drug-likeness (QED) is 0.126. The molecular weight excluding hydrogens is 713 g/mol. The standard InChI is InChI=1S/C52H30N4O2/c1-54-40-26-22-35(23-27-40)39-25-29-47-45(31-39)44-30-38(34-20-18-33(32-53)19-21-34)24-28-46(44)55(47)48-17-9-16-43-49(48)52(58)56(51(43)57)50-41(36-10-4-2-5-11-36)14-8-15-42(50)37-12-6-3-7-13-37/h2-31H. The minimum atomic E-state index is -0.392. The smallest absolute Gasteiger partial charge is 0.268 e. The molecule has 0 spiro atoms. The second-order valence-electron chi connectivity index (χ2n) is 14.2. The highest BCUT2D eigenvalue weighted by molar-refractivity contribution is 6.37. The number of hydrogen-bond acceptors (Lipinski definition) is 3. The fourth-order valence-electron chi connectivity index (χ4n) is 8.25. The number of nitriles is 1. The average Bonchev–Trinajstić information content (AvgIpc) is 3.75. The number of imide groups is 1. The number of benzene rings is 8. The van der Waals surface area contributed by atoms with E-state index in [1.165, 1.54) is 4.90 Å². The molecule has 2 heterocycles. The number of anilines is 1. The third kappa shape index (κ3) is 5.48. The Morgan fingerprint density at radius 2 is 0.983 bits per heavy atom. The van der Waals surface area contributed by atoms with E-state index in [-0.39, 0.29) is 5.91 Å². The molecule has 0 N–H and O–H groups in total. The highest BCUT2D eigenvalue weighted by Gasteiger charge is 2.41. The van der Waals surface area contributed by atoms with Gasteiger partial charge < -0.3 is 4.57 Å². The maximum atomic E-state index is 15.2. The van der Waals surface area contributed by atoms with Gasteiger partial charge in [0, 0.05) is 21.9 Å². The summed E-state index contributed by atoms with van der Waals surface area (Å²) in [6, 6.07) is 60.9. The lowest BCUT2D eigenvalue weighted by atomic mass is 9.95. The summed E-state index contributed by atoms with van der Waals surface area (Å²) in [5, 5.41) is 11.3. The minimum Gasteiger partial charge on any atom is -0.308 e. The van der Waals surface area contributed by atoms with Gasteiger partial charge in [-0.25, -0.2) is 9.74 Å². The van der Waals surface area contributed by atoms with Gasteiger partial charge in [0.15, 0.2) is 5.69 Å². The molecule has 1 aliphatic rings. The van der Waals surface area contributed by atoms with E-state index < -0.39 is 5.91 Å². The first-order chi connectivity index (χ1) is 28.5. The molecule has 270 valence electrons. The van der Waals surface area contributed by atoms with Crippen LogP contribution in [0.5, 0.6) is 0 Å². The lowest BCUT2D eigenvalue weighted by molar-refractivity contribution is 0.0926. The van der Waals surface area contributed by atoms with Crippen molar-refractivity contribution in [2.75, 3.05) is 4.90 Å². The Hall–Kier alpha value is -8.32. The molecule has 0 radical (unpaired) electrons. The van der Waals surface area contributed by atoms with Crippen LogP contribution in [0, 0.1) is 17.9 Å². The van der Waals surface area contributed by atoms with Crippen molar-refractivity contribution in [3.8, 4) is 56.3 Å². The molecule has 6 heteroatoms. The van der Waals surface area contributed by atoms with Crippen LogP contribution in [0.4, 0.5) is 11.4 Å². The molecule has 0 atom stereocenters. The molecule has 9 aromatic rings. The summed E-state index contributed by atoms with van der Waals surface area (Å²) < 4.78 is 2.09. The van der Waals surface area contributed by atoms with Gasteiger partial charge in [0.25, 0.3) is 11.8 Å². The van der Waals surface area contributed by atoms with Crippen LogP contribution < -0.4 is 4.90 Å². The van der Waals surface area contributed by atoms with Crippen molar-refractivity contribution < 1.29 is 9.59 Å². The summed E-state index contributed by atoms with van der Waals surface area (Å²) in [5.41, 5.74) is 12.0. The predicted molar refractivity (Wildman–Crippen MR) is 231 cm³/mol. The lowest BCUT2D eigenvalue weighted by Gasteiger charge is -2.23. The number of carbonyl (C=O) groups is 2. The third-order valence-corrected chi connectivity index (χ3v) is 11.0. The summed E-state index contributed by atoms with van der Waals surface area (Å²) in [6.07, 6.45) is 0. The topological polar surface area (TPSA) is 70.5 Å². The summed E-state index contributed by atoms with van der Waals surface area (Å²) in [5.74, 6) is -0.770. The number of para-hydroxylation sites is 1. The Kier molecular flexibility index (Phi) is 8.11. The van der Waals surface area contributed by atoms with E-state index in [0.29, 0.717) is 33.8 Å². The Balaban J connectivity index is 1.19. The summed E-state index contributed by atoms with van der Waals surface area (Å²) in [7, 11) is 0. The summed E-state index contributed by atoms with van der Waals surface area (Å²) >= 11 is 0. The van der Waals surface area contributed by atoms with Gasteiger partial charge in [0.05, 0.1) is 51.7 Å². The Bertz CT molecular complexity index is 3030. The second kappa shape index (κ2) is 13.8. The maximum absolute atomic E-state index is 15.2. The Labute approximate surface area is 334 Å². The number of hydrogen-bond donors (Lipinski definition) is 0. The molecule has 0 bridgehead atoms. The van der Waals surface area contributed by atoms with Gasteiger partial charge in [-0.3, -0.25) is 9.59 Å². The number of aromatic nitrogens is 1. The summed E-state index contributed by atoms with van der Waals surface area (Å²) in [4.78, 5) is 34.9. The number of amides is 2. The first-order valence-electron chi connectivity index (χ1n) is 18.8. The van der Waals surface area contributed by atoms with Crippen LogP contribution in [0.15, 0.2) is 182 Å². The molecule has 0 saturated carbocycles. The van der Waals surface area contributed by atoms with E-state index in [1.807, 2.05) is 146 Å². The molecule has 8 aromatic carbocycles. The zero-order chi connectivity index (χ0) is 39.3. The normalized spacial score (nSPS) is 12.1. The molecule has 0 aliphatic carbocycles. The molecule has 2 amide bonds. The maximum Gasteiger partial charge on any atom is 0.268 e. The van der Waals surface area contributed by atoms with Crippen LogP contribution in [-0.4, -0.2) is 16.4 Å². The van der Waals surface area contributed by atoms with Crippen molar-refractivity contribution >= 4 is 45.0 Å². The van der Waals surface area contributed by atoms with Crippen molar-refractivity contribution in [1.82, 2.24) is 4.57 Å². The van der Waals surface area contributed by atoms with E-state index in [0.717, 1.165) is 66.3 Å². The van der Waals surface area contributed by atoms with E-state index >= 15 is 4.79 Å². The van der Waals surface area contributed by atoms with Crippen molar-refractivity contribution in [3.05, 3.63) is 210 Å². The van der Waals surface area contributed by atoms with Crippen LogP contribution in [0.25, 0.3) is 76.8 Å². The van der Waals surface area contributed by atoms with Crippen molar-refractivity contribution in [2.24, 2.45) is 0 Å². The average molecular weight is 743 g/mol. The van der Waals surface area contributed by atoms with E-state index in [9.17, 15) is 10.1 Å². The molecule has 6 nitrogen and oxygen atoms in total. The summed E-state index contributed by atoms with van der Waals surface area (Å²) in [6.45, 7) is 7.41. The lowest BCUT2D eigenvalue weighted by Crippen LogP contribution is -2.30. The van der Waals surface area contributed by atoms with Gasteiger partial charge in [-0.15, -0.1) is 0 Å². The molecule has 1 aromatic heterocycles. The first kappa shape index (κ1) is 34.2. The molecule has 0 saturated heterocycles. The van der Waals surface area contributed by atoms with E-state index in [4.69, 9.17) is 6.57 Å². The molecule has 10 rings (SSSR count). The minimum absolute atomic E-state index is 0.336. The molecule has 58 heavy (non-hydrogen) atoms. The van der Waals surface area contributed by atoms with Crippen molar-refractivity contribution in [2.45, 2.75) is 0 Å². The number of nitrogens with zero attached hydrogens (tertiary/aromatic N) is 4. The second-order valence-corrected chi connectivity index (χ2v) is 14.2. The van der Waals surface area contributed by atoms with Gasteiger partial charge in [0.2, 0.25) is 0 Å². The fraction of sp³-hybridized carbons (Fsp3) is 0. The monoisotopic (exact) mass is 742 g/mol. The van der Waals surface area contributed by atoms with Crippen LogP contribution in [0.2, 0.25) is 0 Å². The van der Waals surface area contributed by atoms with Gasteiger partial charge in [-0.1, -0.05) is 133 Å². The fourth-order valence-corrected chi connectivity index (χ4v) is 8.25. The third-order valence-electron chi connectivity index (χ3n) is 11.0. The predicted octanol–water partition coefficient (Wildman–Crippen LogP) is 12.7. The van der Waals surface area contributed by atoms with Gasteiger partial charge >= 0.3 is 0 Å². The van der Waals surface area contributed by atoms with Gasteiger partial charge in [0.1, 0.15) is 0 Å². The van der Waals surface area contributed by atoms with E-state index in [2.05, 4.69) is 45.8 Å². The molecule has 0 fully saturated rings. The van der Waals surface area contributed by atoms with Crippen LogP contribution >= 0.6 is 0 Å². The Morgan fingerprint density at radius 3 is 1.52 bits per heavy atom. The number of fused-ring (bicyclic) bond motifs is 4. The van der Waals surface area contributed by atoms with Crippen LogP contribution in [0.3, 0.4) is 0 Å². The van der Waals surface area contributed by atoms with E-state index in [1.54, 1.807) is 6.07 Å². The number of rotatable bonds is 6. The first-order valence-corrected chi connectivity index (χ1v) is 18.8. The van der Waals surface area contributed by atoms with Crippen molar-refractivity contribution in [3.63, 3.8) is 0 Å². The zero-order valence-electron chi connectivity index (χ0n) is 30.9. The molecule has 1 aliphatic heterocycles. The van der Waals surface area contributed by atoms with Crippen LogP contribution in [0.1, 0.15) is 26.3 Å². The Morgan fingerprint density at radius 1 is 0.483 bits per heavy atom. The highest BCUT2D eigenvalue weighted by Crippen LogP contribution is 2.45. The largest absolute Gasteiger partial charge is 0.308 e. The van der Waals surface area contributed by atoms with Crippen LogP contribution in [-0.2, 0) is 0 Å². The van der Waals surface area contributed by atoms with Gasteiger partial charge in [-0.2, -0.15) is 5.26 Å². The molecule has 0 unspecified atom stereocenters. The number of carbonyl (C=O) groups excluding carboxylic acids is 2. The van der Waals surface area contributed by atoms with Gasteiger partial charge in [-0.05, 0) is 81.9 Å². The molecular formula is C52H30N4O2.